The maximum Gasteiger partial charge on any atom is 0.404 e. The quantitative estimate of drug-likeness (QED) is 0.328. The molecule has 0 aromatic heterocycles. The Balaban J connectivity index is 2.09. The number of nitrogens with one attached hydrogen (secondary N) is 1. The maximum absolute atomic E-state index is 11.5. The number of piperidine rings is 1. The minimum Gasteiger partial charge on any atom is -0.493 e. The monoisotopic (exact) mass is 480 g/mol. The van der Waals surface area contributed by atoms with E-state index in [0.717, 1.165) is 44.3 Å². The number of methoxy groups -OCH3 is 2. The molecule has 8 heteroatoms. The van der Waals surface area contributed by atoms with Crippen molar-refractivity contribution in [3.8, 4) is 11.5 Å². The highest BCUT2D eigenvalue weighted by molar-refractivity contribution is 5.64. The van der Waals surface area contributed by atoms with Crippen molar-refractivity contribution >= 4 is 6.09 Å². The number of hydrogen-bond acceptors (Lipinski definition) is 6. The molecule has 0 radical (unpaired) electrons. The van der Waals surface area contributed by atoms with Crippen LogP contribution in [0.1, 0.15) is 51.5 Å². The number of likely N-dealkylation sites (tertiary alicyclic amines) is 1. The molecule has 34 heavy (non-hydrogen) atoms. The highest BCUT2D eigenvalue weighted by atomic mass is 16.5. The molecule has 1 aromatic rings. The van der Waals surface area contributed by atoms with E-state index < -0.39 is 18.2 Å². The van der Waals surface area contributed by atoms with E-state index in [-0.39, 0.29) is 5.92 Å². The second kappa shape index (κ2) is 15.1. The molecule has 1 aliphatic heterocycles. The molecule has 1 heterocycles. The number of ether oxygens (including phenoxy) is 3. The van der Waals surface area contributed by atoms with Gasteiger partial charge in [0.05, 0.1) is 25.9 Å². The lowest BCUT2D eigenvalue weighted by molar-refractivity contribution is 0.0596. The molecule has 1 amide bonds. The third kappa shape index (κ3) is 9.68. The van der Waals surface area contributed by atoms with Crippen LogP contribution in [0.4, 0.5) is 4.79 Å². The van der Waals surface area contributed by atoms with E-state index >= 15 is 0 Å². The molecule has 0 bridgehead atoms. The summed E-state index contributed by atoms with van der Waals surface area (Å²) in [5.74, 6) is 1.88. The van der Waals surface area contributed by atoms with E-state index in [9.17, 15) is 15.0 Å². The van der Waals surface area contributed by atoms with Crippen molar-refractivity contribution in [1.82, 2.24) is 10.2 Å². The molecule has 3 N–H and O–H groups in total. The molecule has 194 valence electrons. The number of aliphatic hydroxyl groups is 1. The first kappa shape index (κ1) is 28.2. The Bertz CT molecular complexity index is 723. The predicted molar refractivity (Wildman–Crippen MR) is 133 cm³/mol. The molecular formula is C26H44N2O6. The molecule has 1 saturated heterocycles. The summed E-state index contributed by atoms with van der Waals surface area (Å²) in [6.07, 6.45) is 3.75. The Hall–Kier alpha value is -2.03. The topological polar surface area (TPSA) is 100 Å². The van der Waals surface area contributed by atoms with E-state index in [1.54, 1.807) is 14.2 Å². The first-order chi connectivity index (χ1) is 16.3. The van der Waals surface area contributed by atoms with Crippen molar-refractivity contribution in [3.63, 3.8) is 0 Å². The number of amides is 1. The number of nitrogens with zero attached hydrogens (tertiary/aromatic N) is 1. The summed E-state index contributed by atoms with van der Waals surface area (Å²) < 4.78 is 16.5. The number of benzene rings is 1. The number of hydrogen-bond donors (Lipinski definition) is 3. The summed E-state index contributed by atoms with van der Waals surface area (Å²) in [5.41, 5.74) is 1.10. The standard InChI is InChI=1S/C26H44N2O6/c1-19(2)21(15-20-9-10-24(33-4)25(16-20)34-14-8-13-32-3)17-22(27-26(30)31)23(29)18-28-11-6-5-7-12-28/h9-10,16,19,21-23,27,29H,5-8,11-15,17-18H2,1-4H3,(H,30,31)/t21?,22?,23-/m0/s1. The Morgan fingerprint density at radius 1 is 1.12 bits per heavy atom. The van der Waals surface area contributed by atoms with Crippen molar-refractivity contribution in [2.24, 2.45) is 11.8 Å². The van der Waals surface area contributed by atoms with Crippen LogP contribution >= 0.6 is 0 Å². The molecule has 0 aliphatic carbocycles. The number of carbonyl (C=O) groups is 1. The summed E-state index contributed by atoms with van der Waals surface area (Å²) in [5, 5.41) is 23.0. The van der Waals surface area contributed by atoms with Crippen LogP contribution in [0.5, 0.6) is 11.5 Å². The highest BCUT2D eigenvalue weighted by Crippen LogP contribution is 2.31. The lowest BCUT2D eigenvalue weighted by Gasteiger charge is -2.34. The van der Waals surface area contributed by atoms with Gasteiger partial charge in [0.2, 0.25) is 0 Å². The van der Waals surface area contributed by atoms with Gasteiger partial charge >= 0.3 is 6.09 Å². The van der Waals surface area contributed by atoms with E-state index in [2.05, 4.69) is 24.1 Å². The molecule has 8 nitrogen and oxygen atoms in total. The van der Waals surface area contributed by atoms with Crippen LogP contribution in [0.25, 0.3) is 0 Å². The molecule has 2 rings (SSSR count). The summed E-state index contributed by atoms with van der Waals surface area (Å²) in [7, 11) is 3.29. The van der Waals surface area contributed by atoms with Gasteiger partial charge in [-0.25, -0.2) is 4.79 Å². The summed E-state index contributed by atoms with van der Waals surface area (Å²) in [6.45, 7) is 7.88. The Morgan fingerprint density at radius 3 is 2.47 bits per heavy atom. The van der Waals surface area contributed by atoms with Gasteiger partial charge in [0.1, 0.15) is 0 Å². The highest BCUT2D eigenvalue weighted by Gasteiger charge is 2.28. The van der Waals surface area contributed by atoms with Gasteiger partial charge in [-0.05, 0) is 68.3 Å². The van der Waals surface area contributed by atoms with Crippen molar-refractivity contribution < 1.29 is 29.2 Å². The van der Waals surface area contributed by atoms with Crippen molar-refractivity contribution in [1.29, 1.82) is 0 Å². The third-order valence-corrected chi connectivity index (χ3v) is 6.64. The molecule has 3 atom stereocenters. The van der Waals surface area contributed by atoms with Gasteiger partial charge in [-0.1, -0.05) is 26.3 Å². The molecule has 1 aromatic carbocycles. The predicted octanol–water partition coefficient (Wildman–Crippen LogP) is 3.80. The van der Waals surface area contributed by atoms with Gasteiger partial charge in [0.15, 0.2) is 11.5 Å². The zero-order valence-corrected chi connectivity index (χ0v) is 21.3. The normalized spacial score (nSPS) is 17.2. The Kier molecular flexibility index (Phi) is 12.5. The van der Waals surface area contributed by atoms with Gasteiger partial charge < -0.3 is 34.6 Å². The van der Waals surface area contributed by atoms with Crippen LogP contribution in [0.3, 0.4) is 0 Å². The van der Waals surface area contributed by atoms with Crippen molar-refractivity contribution in [3.05, 3.63) is 23.8 Å². The van der Waals surface area contributed by atoms with Crippen LogP contribution < -0.4 is 14.8 Å². The average Bonchev–Trinajstić information content (AvgIpc) is 2.81. The Morgan fingerprint density at radius 2 is 1.85 bits per heavy atom. The van der Waals surface area contributed by atoms with Gasteiger partial charge in [0, 0.05) is 26.7 Å². The number of rotatable bonds is 15. The zero-order valence-electron chi connectivity index (χ0n) is 21.3. The van der Waals surface area contributed by atoms with Crippen molar-refractivity contribution in [2.75, 3.05) is 47.1 Å². The van der Waals surface area contributed by atoms with Crippen LogP contribution in [0.15, 0.2) is 18.2 Å². The molecule has 2 unspecified atom stereocenters. The largest absolute Gasteiger partial charge is 0.493 e. The van der Waals surface area contributed by atoms with E-state index in [1.165, 1.54) is 6.42 Å². The second-order valence-electron chi connectivity index (χ2n) is 9.61. The zero-order chi connectivity index (χ0) is 24.9. The van der Waals surface area contributed by atoms with Crippen LogP contribution in [-0.2, 0) is 11.2 Å². The SMILES string of the molecule is COCCCOc1cc(CC(CC(NC(=O)O)[C@@H](O)CN2CCCCC2)C(C)C)ccc1OC. The lowest BCUT2D eigenvalue weighted by Crippen LogP contribution is -2.50. The maximum atomic E-state index is 11.5. The van der Waals surface area contributed by atoms with E-state index in [4.69, 9.17) is 14.2 Å². The first-order valence-electron chi connectivity index (χ1n) is 12.5. The van der Waals surface area contributed by atoms with E-state index in [0.29, 0.717) is 43.6 Å². The van der Waals surface area contributed by atoms with Gasteiger partial charge in [0.25, 0.3) is 0 Å². The average molecular weight is 481 g/mol. The summed E-state index contributed by atoms with van der Waals surface area (Å²) in [4.78, 5) is 13.7. The number of β-amino-alcohol motifs (C(OH)–C–C–N with tert-alkyl or cyclic N) is 1. The molecule has 1 fully saturated rings. The van der Waals surface area contributed by atoms with Gasteiger partial charge in [-0.3, -0.25) is 0 Å². The molecular weight excluding hydrogens is 436 g/mol. The fraction of sp³-hybridized carbons (Fsp3) is 0.731. The molecule has 1 aliphatic rings. The number of carboxylic acid groups (broad SMARTS) is 1. The smallest absolute Gasteiger partial charge is 0.404 e. The molecule has 0 spiro atoms. The van der Waals surface area contributed by atoms with Gasteiger partial charge in [-0.15, -0.1) is 0 Å². The van der Waals surface area contributed by atoms with Gasteiger partial charge in [-0.2, -0.15) is 0 Å². The minimum atomic E-state index is -1.10. The van der Waals surface area contributed by atoms with Crippen LogP contribution in [0, 0.1) is 11.8 Å². The van der Waals surface area contributed by atoms with Crippen molar-refractivity contribution in [2.45, 2.75) is 64.5 Å². The second-order valence-corrected chi connectivity index (χ2v) is 9.61. The Labute approximate surface area is 204 Å². The summed E-state index contributed by atoms with van der Waals surface area (Å²) in [6, 6.07) is 5.43. The lowest BCUT2D eigenvalue weighted by atomic mass is 9.83. The fourth-order valence-corrected chi connectivity index (χ4v) is 4.57. The van der Waals surface area contributed by atoms with Crippen LogP contribution in [0.2, 0.25) is 0 Å². The summed E-state index contributed by atoms with van der Waals surface area (Å²) >= 11 is 0. The minimum absolute atomic E-state index is 0.183. The van der Waals surface area contributed by atoms with Crippen LogP contribution in [-0.4, -0.2) is 80.4 Å². The first-order valence-corrected chi connectivity index (χ1v) is 12.5. The third-order valence-electron chi connectivity index (χ3n) is 6.64. The molecule has 0 saturated carbocycles. The van der Waals surface area contributed by atoms with E-state index in [1.807, 2.05) is 18.2 Å². The number of aliphatic hydroxyl groups excluding tert-OH is 1. The fourth-order valence-electron chi connectivity index (χ4n) is 4.57.